The standard InChI is InChI=1S/C9H8F5NO/c1-15(2-3-16)9-7(13)5(11)4(10)6(12)8(9)14/h16H,2-3H2,1H3. The van der Waals surface area contributed by atoms with Crippen molar-refractivity contribution < 1.29 is 27.1 Å². The smallest absolute Gasteiger partial charge is 0.200 e. The summed E-state index contributed by atoms with van der Waals surface area (Å²) in [6.45, 7) is -0.728. The Kier molecular flexibility index (Phi) is 3.69. The van der Waals surface area contributed by atoms with E-state index in [-0.39, 0.29) is 6.54 Å². The molecular formula is C9H8F5NO. The van der Waals surface area contributed by atoms with Crippen LogP contribution in [0.25, 0.3) is 0 Å². The van der Waals surface area contributed by atoms with Gasteiger partial charge < -0.3 is 10.0 Å². The molecule has 0 saturated heterocycles. The molecule has 0 spiro atoms. The highest BCUT2D eigenvalue weighted by molar-refractivity contribution is 5.49. The minimum Gasteiger partial charge on any atom is -0.395 e. The van der Waals surface area contributed by atoms with Gasteiger partial charge >= 0.3 is 0 Å². The van der Waals surface area contributed by atoms with Gasteiger partial charge in [-0.2, -0.15) is 0 Å². The fourth-order valence-electron chi connectivity index (χ4n) is 1.19. The van der Waals surface area contributed by atoms with E-state index in [1.54, 1.807) is 0 Å². The molecule has 0 aliphatic carbocycles. The van der Waals surface area contributed by atoms with Crippen LogP contribution in [0, 0.1) is 29.1 Å². The van der Waals surface area contributed by atoms with Gasteiger partial charge in [0, 0.05) is 13.6 Å². The Morgan fingerprint density at radius 1 is 0.875 bits per heavy atom. The van der Waals surface area contributed by atoms with Gasteiger partial charge in [-0.25, -0.2) is 22.0 Å². The second-order valence-electron chi connectivity index (χ2n) is 3.06. The fourth-order valence-corrected chi connectivity index (χ4v) is 1.19. The molecule has 1 N–H and O–H groups in total. The van der Waals surface area contributed by atoms with E-state index in [0.717, 1.165) is 11.9 Å². The Morgan fingerprint density at radius 3 is 1.62 bits per heavy atom. The maximum atomic E-state index is 13.1. The Hall–Kier alpha value is -1.37. The van der Waals surface area contributed by atoms with Crippen LogP contribution < -0.4 is 4.90 Å². The molecule has 0 heterocycles. The fraction of sp³-hybridized carbons (Fsp3) is 0.333. The third kappa shape index (κ3) is 1.95. The number of aliphatic hydroxyl groups is 1. The number of aliphatic hydroxyl groups excluding tert-OH is 1. The molecule has 1 aromatic carbocycles. The SMILES string of the molecule is CN(CCO)c1c(F)c(F)c(F)c(F)c1F. The lowest BCUT2D eigenvalue weighted by atomic mass is 10.2. The summed E-state index contributed by atoms with van der Waals surface area (Å²) in [5, 5.41) is 8.52. The number of likely N-dealkylation sites (N-methyl/N-ethyl adjacent to an activating group) is 1. The number of hydrogen-bond donors (Lipinski definition) is 1. The summed E-state index contributed by atoms with van der Waals surface area (Å²) in [7, 11) is 1.11. The zero-order chi connectivity index (χ0) is 12.5. The van der Waals surface area contributed by atoms with E-state index in [9.17, 15) is 22.0 Å². The predicted octanol–water partition coefficient (Wildman–Crippen LogP) is 1.81. The topological polar surface area (TPSA) is 23.5 Å². The summed E-state index contributed by atoms with van der Waals surface area (Å²) < 4.78 is 64.4. The van der Waals surface area contributed by atoms with Crippen molar-refractivity contribution in [3.63, 3.8) is 0 Å². The number of hydrogen-bond acceptors (Lipinski definition) is 2. The third-order valence-corrected chi connectivity index (χ3v) is 2.00. The monoisotopic (exact) mass is 241 g/mol. The van der Waals surface area contributed by atoms with E-state index in [2.05, 4.69) is 0 Å². The first-order valence-electron chi connectivity index (χ1n) is 4.25. The first-order valence-corrected chi connectivity index (χ1v) is 4.25. The van der Waals surface area contributed by atoms with Crippen molar-refractivity contribution >= 4 is 5.69 Å². The van der Waals surface area contributed by atoms with Crippen LogP contribution in [0.3, 0.4) is 0 Å². The zero-order valence-electron chi connectivity index (χ0n) is 8.20. The van der Waals surface area contributed by atoms with E-state index in [4.69, 9.17) is 5.11 Å². The molecule has 0 aromatic heterocycles. The molecular weight excluding hydrogens is 233 g/mol. The Morgan fingerprint density at radius 2 is 1.25 bits per heavy atom. The molecule has 0 bridgehead atoms. The molecule has 0 aliphatic heterocycles. The van der Waals surface area contributed by atoms with Crippen molar-refractivity contribution in [3.05, 3.63) is 29.1 Å². The van der Waals surface area contributed by atoms with Gasteiger partial charge in [0.2, 0.25) is 5.82 Å². The van der Waals surface area contributed by atoms with Crippen LogP contribution in [0.15, 0.2) is 0 Å². The molecule has 1 aromatic rings. The first-order chi connectivity index (χ1) is 7.41. The highest BCUT2D eigenvalue weighted by atomic mass is 19.2. The van der Waals surface area contributed by atoms with Gasteiger partial charge in [-0.1, -0.05) is 0 Å². The lowest BCUT2D eigenvalue weighted by molar-refractivity contribution is 0.302. The van der Waals surface area contributed by atoms with E-state index in [0.29, 0.717) is 0 Å². The van der Waals surface area contributed by atoms with Gasteiger partial charge in [0.1, 0.15) is 5.69 Å². The average molecular weight is 241 g/mol. The predicted molar refractivity (Wildman–Crippen MR) is 46.6 cm³/mol. The van der Waals surface area contributed by atoms with Crippen molar-refractivity contribution in [1.29, 1.82) is 0 Å². The summed E-state index contributed by atoms with van der Waals surface area (Å²) >= 11 is 0. The van der Waals surface area contributed by atoms with Crippen molar-refractivity contribution in [2.45, 2.75) is 0 Å². The van der Waals surface area contributed by atoms with Crippen LogP contribution in [-0.2, 0) is 0 Å². The van der Waals surface area contributed by atoms with Gasteiger partial charge in [0.15, 0.2) is 23.3 Å². The van der Waals surface area contributed by atoms with Crippen LogP contribution in [0.2, 0.25) is 0 Å². The van der Waals surface area contributed by atoms with Crippen molar-refractivity contribution in [3.8, 4) is 0 Å². The molecule has 2 nitrogen and oxygen atoms in total. The third-order valence-electron chi connectivity index (χ3n) is 2.00. The lowest BCUT2D eigenvalue weighted by Gasteiger charge is -2.19. The van der Waals surface area contributed by atoms with Crippen LogP contribution >= 0.6 is 0 Å². The van der Waals surface area contributed by atoms with Crippen LogP contribution in [0.5, 0.6) is 0 Å². The molecule has 0 unspecified atom stereocenters. The number of anilines is 1. The Labute approximate surface area is 87.9 Å². The molecule has 0 aliphatic rings. The lowest BCUT2D eigenvalue weighted by Crippen LogP contribution is -2.25. The van der Waals surface area contributed by atoms with Crippen LogP contribution in [0.4, 0.5) is 27.6 Å². The van der Waals surface area contributed by atoms with E-state index >= 15 is 0 Å². The molecule has 1 rings (SSSR count). The molecule has 0 fully saturated rings. The Bertz CT molecular complexity index is 380. The minimum atomic E-state index is -2.20. The maximum absolute atomic E-state index is 13.1. The quantitative estimate of drug-likeness (QED) is 0.495. The molecule has 0 saturated carbocycles. The van der Waals surface area contributed by atoms with E-state index in [1.807, 2.05) is 0 Å². The summed E-state index contributed by atoms with van der Waals surface area (Å²) in [6, 6.07) is 0. The van der Waals surface area contributed by atoms with Crippen LogP contribution in [0.1, 0.15) is 0 Å². The maximum Gasteiger partial charge on any atom is 0.200 e. The second-order valence-corrected chi connectivity index (χ2v) is 3.06. The highest BCUT2D eigenvalue weighted by Crippen LogP contribution is 2.29. The number of nitrogens with zero attached hydrogens (tertiary/aromatic N) is 1. The van der Waals surface area contributed by atoms with Crippen molar-refractivity contribution in [2.24, 2.45) is 0 Å². The summed E-state index contributed by atoms with van der Waals surface area (Å²) in [4.78, 5) is 0.746. The van der Waals surface area contributed by atoms with E-state index < -0.39 is 41.4 Å². The summed E-state index contributed by atoms with van der Waals surface area (Å²) in [5.74, 6) is -10.0. The molecule has 0 amide bonds. The highest BCUT2D eigenvalue weighted by Gasteiger charge is 2.27. The molecule has 0 atom stereocenters. The average Bonchev–Trinajstić information content (AvgIpc) is 2.24. The van der Waals surface area contributed by atoms with Crippen molar-refractivity contribution in [2.75, 3.05) is 25.1 Å². The van der Waals surface area contributed by atoms with Gasteiger partial charge in [-0.3, -0.25) is 0 Å². The summed E-state index contributed by atoms with van der Waals surface area (Å²) in [5.41, 5.74) is -1.05. The number of halogens is 5. The first kappa shape index (κ1) is 12.7. The minimum absolute atomic E-state index is 0.252. The summed E-state index contributed by atoms with van der Waals surface area (Å²) in [6.07, 6.45) is 0. The van der Waals surface area contributed by atoms with Gasteiger partial charge in [-0.05, 0) is 0 Å². The molecule has 7 heteroatoms. The molecule has 90 valence electrons. The zero-order valence-corrected chi connectivity index (χ0v) is 8.20. The molecule has 16 heavy (non-hydrogen) atoms. The molecule has 0 radical (unpaired) electrons. The largest absolute Gasteiger partial charge is 0.395 e. The Balaban J connectivity index is 3.39. The van der Waals surface area contributed by atoms with Gasteiger partial charge in [0.25, 0.3) is 0 Å². The van der Waals surface area contributed by atoms with Gasteiger partial charge in [0.05, 0.1) is 6.61 Å². The normalized spacial score (nSPS) is 10.7. The second kappa shape index (κ2) is 4.65. The van der Waals surface area contributed by atoms with Crippen LogP contribution in [-0.4, -0.2) is 25.3 Å². The number of rotatable bonds is 3. The van der Waals surface area contributed by atoms with E-state index in [1.165, 1.54) is 0 Å². The number of benzene rings is 1. The van der Waals surface area contributed by atoms with Crippen molar-refractivity contribution in [1.82, 2.24) is 0 Å². The van der Waals surface area contributed by atoms with Gasteiger partial charge in [-0.15, -0.1) is 0 Å².